The lowest BCUT2D eigenvalue weighted by atomic mass is 10.3. The molecule has 1 saturated carbocycles. The molecule has 3 N–H and O–H groups in total. The Morgan fingerprint density at radius 2 is 2.10 bits per heavy atom. The van der Waals surface area contributed by atoms with E-state index in [-0.39, 0.29) is 23.5 Å². The number of aromatic hydroxyl groups is 1. The van der Waals surface area contributed by atoms with E-state index in [9.17, 15) is 9.90 Å². The van der Waals surface area contributed by atoms with Crippen LogP contribution in [0.5, 0.6) is 5.75 Å². The van der Waals surface area contributed by atoms with Crippen LogP contribution >= 0.6 is 0 Å². The highest BCUT2D eigenvalue weighted by molar-refractivity contribution is 5.90. The van der Waals surface area contributed by atoms with Crippen molar-refractivity contribution in [1.82, 2.24) is 15.5 Å². The lowest BCUT2D eigenvalue weighted by Crippen LogP contribution is -2.26. The van der Waals surface area contributed by atoms with Crippen molar-refractivity contribution in [2.75, 3.05) is 5.32 Å². The number of amides is 1. The number of aromatic nitrogens is 2. The molecular formula is C13H14N4O3. The summed E-state index contributed by atoms with van der Waals surface area (Å²) < 4.78 is 5.00. The number of phenols is 1. The van der Waals surface area contributed by atoms with Crippen molar-refractivity contribution in [3.05, 3.63) is 36.0 Å². The Morgan fingerprint density at radius 1 is 1.35 bits per heavy atom. The average Bonchev–Trinajstić information content (AvgIpc) is 3.13. The van der Waals surface area contributed by atoms with Gasteiger partial charge in [-0.15, -0.1) is 0 Å². The van der Waals surface area contributed by atoms with Gasteiger partial charge in [-0.2, -0.15) is 4.98 Å². The van der Waals surface area contributed by atoms with Gasteiger partial charge < -0.3 is 20.3 Å². The number of benzene rings is 1. The first-order chi connectivity index (χ1) is 9.70. The summed E-state index contributed by atoms with van der Waals surface area (Å²) in [5.41, 5.74) is 0.810. The van der Waals surface area contributed by atoms with Gasteiger partial charge in [0.05, 0.1) is 6.54 Å². The van der Waals surface area contributed by atoms with Gasteiger partial charge in [-0.25, -0.2) is 0 Å². The van der Waals surface area contributed by atoms with Gasteiger partial charge in [-0.05, 0) is 37.1 Å². The molecule has 1 aromatic carbocycles. The van der Waals surface area contributed by atoms with Crippen molar-refractivity contribution in [3.8, 4) is 5.75 Å². The predicted molar refractivity (Wildman–Crippen MR) is 70.2 cm³/mol. The standard InChI is InChI=1S/C13H14N4O3/c18-10-5-3-8(4-6-10)14-7-11-16-12(17-20-11)13(19)15-9-1-2-9/h3-6,9,14,18H,1-2,7H2,(H,15,19). The second-order valence-corrected chi connectivity index (χ2v) is 4.66. The maximum absolute atomic E-state index is 11.7. The van der Waals surface area contributed by atoms with E-state index in [4.69, 9.17) is 4.52 Å². The minimum absolute atomic E-state index is 0.0550. The normalized spacial score (nSPS) is 14.0. The fourth-order valence-corrected chi connectivity index (χ4v) is 1.65. The molecule has 2 aromatic rings. The van der Waals surface area contributed by atoms with Crippen LogP contribution in [0.1, 0.15) is 29.4 Å². The molecule has 1 fully saturated rings. The summed E-state index contributed by atoms with van der Waals surface area (Å²) in [6, 6.07) is 6.87. The highest BCUT2D eigenvalue weighted by atomic mass is 16.5. The number of nitrogens with one attached hydrogen (secondary N) is 2. The Kier molecular flexibility index (Phi) is 3.24. The Labute approximate surface area is 115 Å². The van der Waals surface area contributed by atoms with Crippen LogP contribution in [0.4, 0.5) is 5.69 Å². The van der Waals surface area contributed by atoms with Crippen LogP contribution in [-0.2, 0) is 6.54 Å². The molecule has 3 rings (SSSR count). The summed E-state index contributed by atoms with van der Waals surface area (Å²) in [5.74, 6) is 0.290. The summed E-state index contributed by atoms with van der Waals surface area (Å²) in [5, 5.41) is 18.7. The van der Waals surface area contributed by atoms with Crippen LogP contribution in [0.2, 0.25) is 0 Å². The maximum Gasteiger partial charge on any atom is 0.292 e. The first kappa shape index (κ1) is 12.5. The number of anilines is 1. The number of phenolic OH excluding ortho intramolecular Hbond substituents is 1. The third kappa shape index (κ3) is 3.05. The van der Waals surface area contributed by atoms with Gasteiger partial charge in [0.2, 0.25) is 5.89 Å². The van der Waals surface area contributed by atoms with Crippen LogP contribution in [-0.4, -0.2) is 27.2 Å². The summed E-state index contributed by atoms with van der Waals surface area (Å²) in [6.45, 7) is 0.314. The lowest BCUT2D eigenvalue weighted by molar-refractivity contribution is 0.0937. The Hall–Kier alpha value is -2.57. The maximum atomic E-state index is 11.7. The number of rotatable bonds is 5. The zero-order valence-electron chi connectivity index (χ0n) is 10.7. The van der Waals surface area contributed by atoms with Crippen LogP contribution in [0.25, 0.3) is 0 Å². The first-order valence-corrected chi connectivity index (χ1v) is 6.37. The van der Waals surface area contributed by atoms with Crippen molar-refractivity contribution in [3.63, 3.8) is 0 Å². The number of hydrogen-bond acceptors (Lipinski definition) is 6. The molecule has 0 bridgehead atoms. The van der Waals surface area contributed by atoms with Crippen LogP contribution in [0, 0.1) is 0 Å². The Bertz CT molecular complexity index is 604. The minimum Gasteiger partial charge on any atom is -0.508 e. The van der Waals surface area contributed by atoms with Crippen LogP contribution in [0.3, 0.4) is 0 Å². The molecule has 0 atom stereocenters. The molecule has 1 amide bonds. The van der Waals surface area contributed by atoms with E-state index in [0.717, 1.165) is 18.5 Å². The fourth-order valence-electron chi connectivity index (χ4n) is 1.65. The highest BCUT2D eigenvalue weighted by Gasteiger charge is 2.26. The number of carbonyl (C=O) groups excluding carboxylic acids is 1. The van der Waals surface area contributed by atoms with Crippen LogP contribution < -0.4 is 10.6 Å². The molecule has 0 radical (unpaired) electrons. The molecule has 20 heavy (non-hydrogen) atoms. The molecular weight excluding hydrogens is 260 g/mol. The molecule has 0 spiro atoms. The second kappa shape index (κ2) is 5.20. The molecule has 0 unspecified atom stereocenters. The van der Waals surface area contributed by atoms with Gasteiger partial charge >= 0.3 is 0 Å². The Morgan fingerprint density at radius 3 is 2.80 bits per heavy atom. The van der Waals surface area contributed by atoms with Crippen molar-refractivity contribution >= 4 is 11.6 Å². The van der Waals surface area contributed by atoms with E-state index in [0.29, 0.717) is 12.4 Å². The minimum atomic E-state index is -0.299. The van der Waals surface area contributed by atoms with Gasteiger partial charge in [0.25, 0.3) is 11.7 Å². The molecule has 1 aromatic heterocycles. The van der Waals surface area contributed by atoms with E-state index in [1.807, 2.05) is 0 Å². The third-order valence-electron chi connectivity index (χ3n) is 2.89. The molecule has 0 saturated heterocycles. The van der Waals surface area contributed by atoms with Crippen molar-refractivity contribution in [1.29, 1.82) is 0 Å². The van der Waals surface area contributed by atoms with Crippen molar-refractivity contribution in [2.45, 2.75) is 25.4 Å². The Balaban J connectivity index is 1.56. The number of hydrogen-bond donors (Lipinski definition) is 3. The number of nitrogens with zero attached hydrogens (tertiary/aromatic N) is 2. The van der Waals surface area contributed by atoms with E-state index < -0.39 is 0 Å². The van der Waals surface area contributed by atoms with Crippen molar-refractivity contribution < 1.29 is 14.4 Å². The SMILES string of the molecule is O=C(NC1CC1)c1noc(CNc2ccc(O)cc2)n1. The lowest BCUT2D eigenvalue weighted by Gasteiger charge is -2.02. The van der Waals surface area contributed by atoms with E-state index in [2.05, 4.69) is 20.8 Å². The highest BCUT2D eigenvalue weighted by Crippen LogP contribution is 2.19. The topological polar surface area (TPSA) is 100 Å². The van der Waals surface area contributed by atoms with Gasteiger partial charge in [0, 0.05) is 11.7 Å². The molecule has 1 heterocycles. The third-order valence-corrected chi connectivity index (χ3v) is 2.89. The summed E-state index contributed by atoms with van der Waals surface area (Å²) in [6.07, 6.45) is 2.03. The van der Waals surface area contributed by atoms with Crippen molar-refractivity contribution in [2.24, 2.45) is 0 Å². The van der Waals surface area contributed by atoms with E-state index in [1.165, 1.54) is 0 Å². The average molecular weight is 274 g/mol. The van der Waals surface area contributed by atoms with Gasteiger partial charge in [0.1, 0.15) is 5.75 Å². The van der Waals surface area contributed by atoms with E-state index in [1.54, 1.807) is 24.3 Å². The monoisotopic (exact) mass is 274 g/mol. The van der Waals surface area contributed by atoms with Gasteiger partial charge in [-0.3, -0.25) is 4.79 Å². The molecule has 1 aliphatic carbocycles. The largest absolute Gasteiger partial charge is 0.508 e. The molecule has 1 aliphatic rings. The molecule has 7 heteroatoms. The summed E-state index contributed by atoms with van der Waals surface area (Å²) in [4.78, 5) is 15.7. The summed E-state index contributed by atoms with van der Waals surface area (Å²) >= 11 is 0. The summed E-state index contributed by atoms with van der Waals surface area (Å²) in [7, 11) is 0. The quantitative estimate of drug-likeness (QED) is 0.710. The molecule has 104 valence electrons. The molecule has 0 aliphatic heterocycles. The number of carbonyl (C=O) groups is 1. The fraction of sp³-hybridized carbons (Fsp3) is 0.308. The van der Waals surface area contributed by atoms with Crippen LogP contribution in [0.15, 0.2) is 28.8 Å². The molecule has 7 nitrogen and oxygen atoms in total. The van der Waals surface area contributed by atoms with Gasteiger partial charge in [-0.1, -0.05) is 5.16 Å². The zero-order chi connectivity index (χ0) is 13.9. The predicted octanol–water partition coefficient (Wildman–Crippen LogP) is 1.28. The van der Waals surface area contributed by atoms with E-state index >= 15 is 0 Å². The first-order valence-electron chi connectivity index (χ1n) is 6.37. The second-order valence-electron chi connectivity index (χ2n) is 4.66. The van der Waals surface area contributed by atoms with Gasteiger partial charge in [0.15, 0.2) is 0 Å². The zero-order valence-corrected chi connectivity index (χ0v) is 10.7. The smallest absolute Gasteiger partial charge is 0.292 e.